The molecule has 1 N–H and O–H groups in total. The number of furan rings is 1. The van der Waals surface area contributed by atoms with Gasteiger partial charge in [0.05, 0.1) is 35.9 Å². The van der Waals surface area contributed by atoms with Gasteiger partial charge in [-0.05, 0) is 113 Å². The Hall–Kier alpha value is -5.36. The van der Waals surface area contributed by atoms with Crippen molar-refractivity contribution >= 4 is 58.5 Å². The number of fused-ring (bicyclic) bond motifs is 4. The van der Waals surface area contributed by atoms with Crippen molar-refractivity contribution in [1.82, 2.24) is 5.32 Å². The fourth-order valence-corrected chi connectivity index (χ4v) is 19.4. The van der Waals surface area contributed by atoms with E-state index >= 15 is 14.4 Å². The van der Waals surface area contributed by atoms with E-state index in [1.807, 2.05) is 41.5 Å². The molecule has 1 spiro atoms. The zero-order chi connectivity index (χ0) is 57.8. The highest BCUT2D eigenvalue weighted by molar-refractivity contribution is 6.74. The summed E-state index contributed by atoms with van der Waals surface area (Å²) in [6.07, 6.45) is -9.88. The molecule has 0 radical (unpaired) electrons. The first-order chi connectivity index (χ1) is 36.5. The van der Waals surface area contributed by atoms with Crippen molar-refractivity contribution in [3.05, 3.63) is 71.2 Å². The maximum atomic E-state index is 16.8. The number of Topliss-reactive ketones (excluding diaryl/α,β-unsaturated/α-hetero) is 1. The van der Waals surface area contributed by atoms with E-state index in [9.17, 15) is 19.2 Å². The second-order valence-electron chi connectivity index (χ2n) is 23.5. The Morgan fingerprint density at radius 2 is 1.42 bits per heavy atom. The van der Waals surface area contributed by atoms with Crippen LogP contribution in [0.5, 0.6) is 0 Å². The molecule has 5 aliphatic rings. The standard InChI is InChI=1S/C57H81NO18Si2/c1-17-77(18-2,19-3)75-38-31-39-56(32-67-39,72-35(9)60)43-47(70-48(62)36-27-24-23-25-28-36)57-46(71-51(65)74-57)41(33(7)40(53(57,13)14)42(68-34(8)59)45(61)54(38,43)15)69-49(63)55(16,76-78(20-4,21-5)22-6)44(37-29-26-30-66-37)58-50(64)73-52(10,11)12/h23-30,38-39,41-44,46-47H,17-22,31-32H2,1-16H3,(H,58,64)/t38-,39+,41+,42+,43-,44-,46-,47-,54+,55+,56-,57+/m0/s1. The lowest BCUT2D eigenvalue weighted by Crippen LogP contribution is -2.83. The first-order valence-electron chi connectivity index (χ1n) is 27.5. The van der Waals surface area contributed by atoms with Crippen LogP contribution in [0.15, 0.2) is 64.3 Å². The van der Waals surface area contributed by atoms with Gasteiger partial charge in [0.15, 0.2) is 58.0 Å². The summed E-state index contributed by atoms with van der Waals surface area (Å²) in [6, 6.07) is 13.4. The number of hydrogen-bond acceptors (Lipinski definition) is 18. The molecule has 3 heterocycles. The van der Waals surface area contributed by atoms with Crippen LogP contribution < -0.4 is 5.32 Å². The summed E-state index contributed by atoms with van der Waals surface area (Å²) in [6.45, 7) is 27.2. The molecule has 2 saturated carbocycles. The molecule has 12 atom stereocenters. The Morgan fingerprint density at radius 3 is 1.94 bits per heavy atom. The van der Waals surface area contributed by atoms with Crippen LogP contribution in [0.2, 0.25) is 36.3 Å². The van der Waals surface area contributed by atoms with Gasteiger partial charge in [-0.25, -0.2) is 19.2 Å². The van der Waals surface area contributed by atoms with Gasteiger partial charge in [-0.1, -0.05) is 73.6 Å². The lowest BCUT2D eigenvalue weighted by atomic mass is 9.44. The minimum absolute atomic E-state index is 0.0339. The van der Waals surface area contributed by atoms with Gasteiger partial charge in [0, 0.05) is 25.7 Å². The first-order valence-corrected chi connectivity index (χ1v) is 32.6. The number of esters is 4. The molecule has 78 heavy (non-hydrogen) atoms. The normalized spacial score (nSPS) is 30.4. The largest absolute Gasteiger partial charge is 0.509 e. The molecule has 1 aromatic heterocycles. The SMILES string of the molecule is CC[Si](CC)(CC)O[C@H]1C[C@H]2OC[C@@]2(OC(C)=O)[C@H]2[C@H](OC(=O)c3ccccc3)[C@]34OC(=O)O[C@H]3[C@H](OC(=O)[C@](C)(O[Si](CC)(CC)CC)[C@@H](NC(=O)OC(C)(C)C)c3ccco3)C(C)=C([C@@H](OC(C)=O)C(=O)[C@]12C)C4(C)C. The molecular formula is C57H81NO18Si2. The van der Waals surface area contributed by atoms with Crippen LogP contribution in [-0.2, 0) is 65.9 Å². The smallest absolute Gasteiger partial charge is 0.467 e. The summed E-state index contributed by atoms with van der Waals surface area (Å²) in [5.74, 6) is -5.69. The van der Waals surface area contributed by atoms with E-state index in [-0.39, 0.29) is 35.5 Å². The molecule has 3 aliphatic carbocycles. The van der Waals surface area contributed by atoms with Crippen LogP contribution in [0.3, 0.4) is 0 Å². The van der Waals surface area contributed by atoms with Gasteiger partial charge in [-0.15, -0.1) is 0 Å². The van der Waals surface area contributed by atoms with Gasteiger partial charge in [-0.2, -0.15) is 0 Å². The Labute approximate surface area is 460 Å². The van der Waals surface area contributed by atoms with Crippen LogP contribution >= 0.6 is 0 Å². The number of amides is 1. The maximum Gasteiger partial charge on any atom is 0.509 e. The van der Waals surface area contributed by atoms with Gasteiger partial charge in [0.25, 0.3) is 0 Å². The monoisotopic (exact) mass is 1120 g/mol. The van der Waals surface area contributed by atoms with E-state index in [1.165, 1.54) is 32.2 Å². The third-order valence-corrected chi connectivity index (χ3v) is 27.4. The lowest BCUT2D eigenvalue weighted by Gasteiger charge is -2.68. The Kier molecular flexibility index (Phi) is 17.0. The van der Waals surface area contributed by atoms with Crippen molar-refractivity contribution < 1.29 is 84.7 Å². The van der Waals surface area contributed by atoms with Crippen LogP contribution in [0.4, 0.5) is 9.59 Å². The fraction of sp³-hybridized carbons (Fsp3) is 0.667. The van der Waals surface area contributed by atoms with Crippen molar-refractivity contribution in [2.24, 2.45) is 16.7 Å². The summed E-state index contributed by atoms with van der Waals surface area (Å²) < 4.78 is 72.3. The lowest BCUT2D eigenvalue weighted by molar-refractivity contribution is -0.344. The molecule has 19 nitrogen and oxygen atoms in total. The summed E-state index contributed by atoms with van der Waals surface area (Å²) in [5, 5.41) is 2.84. The molecular weight excluding hydrogens is 1040 g/mol. The Balaban J connectivity index is 1.57. The molecule has 21 heteroatoms. The predicted molar refractivity (Wildman–Crippen MR) is 287 cm³/mol. The zero-order valence-corrected chi connectivity index (χ0v) is 50.2. The minimum atomic E-state index is -2.94. The topological polar surface area (TPSA) is 237 Å². The number of ether oxygens (including phenoxy) is 8. The van der Waals surface area contributed by atoms with Gasteiger partial charge in [-0.3, -0.25) is 14.4 Å². The molecule has 2 bridgehead atoms. The van der Waals surface area contributed by atoms with Crippen molar-refractivity contribution in [3.63, 3.8) is 0 Å². The van der Waals surface area contributed by atoms with E-state index in [1.54, 1.807) is 78.8 Å². The Bertz CT molecular complexity index is 2630. The number of ketones is 1. The van der Waals surface area contributed by atoms with Gasteiger partial charge in [0.2, 0.25) is 5.60 Å². The molecule has 2 saturated heterocycles. The van der Waals surface area contributed by atoms with Gasteiger partial charge in [0.1, 0.15) is 23.5 Å². The van der Waals surface area contributed by atoms with Crippen LogP contribution in [0.25, 0.3) is 0 Å². The molecule has 2 aromatic rings. The molecule has 430 valence electrons. The van der Waals surface area contributed by atoms with Crippen molar-refractivity contribution in [1.29, 1.82) is 0 Å². The summed E-state index contributed by atoms with van der Waals surface area (Å²) in [4.78, 5) is 104. The highest BCUT2D eigenvalue weighted by Crippen LogP contribution is 2.67. The predicted octanol–water partition coefficient (Wildman–Crippen LogP) is 10.0. The number of carbonyl (C=O) groups excluding carboxylic acids is 7. The summed E-state index contributed by atoms with van der Waals surface area (Å²) in [5.41, 5.74) is -10.6. The molecule has 0 unspecified atom stereocenters. The Morgan fingerprint density at radius 1 is 0.808 bits per heavy atom. The number of rotatable bonds is 19. The highest BCUT2D eigenvalue weighted by Gasteiger charge is 2.84. The van der Waals surface area contributed by atoms with E-state index in [0.717, 1.165) is 6.92 Å². The molecule has 1 aromatic carbocycles. The summed E-state index contributed by atoms with van der Waals surface area (Å²) >= 11 is 0. The van der Waals surface area contributed by atoms with E-state index in [4.69, 9.17) is 51.2 Å². The fourth-order valence-electron chi connectivity index (χ4n) is 13.5. The minimum Gasteiger partial charge on any atom is -0.467 e. The van der Waals surface area contributed by atoms with Crippen molar-refractivity contribution in [2.45, 2.75) is 219 Å². The van der Waals surface area contributed by atoms with Crippen LogP contribution in [0.1, 0.15) is 139 Å². The summed E-state index contributed by atoms with van der Waals surface area (Å²) in [7, 11) is -5.67. The van der Waals surface area contributed by atoms with E-state index in [0.29, 0.717) is 36.3 Å². The van der Waals surface area contributed by atoms with Crippen molar-refractivity contribution in [2.75, 3.05) is 6.61 Å². The number of alkyl carbamates (subject to hydrolysis) is 1. The molecule has 1 amide bonds. The zero-order valence-electron chi connectivity index (χ0n) is 48.2. The average Bonchev–Trinajstić information content (AvgIpc) is 4.17. The number of carbonyl (C=O) groups is 7. The number of benzene rings is 1. The number of nitrogens with one attached hydrogen (secondary N) is 1. The highest BCUT2D eigenvalue weighted by atomic mass is 28.4. The maximum absolute atomic E-state index is 16.8. The van der Waals surface area contributed by atoms with Crippen molar-refractivity contribution in [3.8, 4) is 0 Å². The molecule has 4 fully saturated rings. The van der Waals surface area contributed by atoms with E-state index < -0.39 is 140 Å². The van der Waals surface area contributed by atoms with Gasteiger partial charge >= 0.3 is 36.1 Å². The third-order valence-electron chi connectivity index (χ3n) is 18.0. The number of hydrogen-bond donors (Lipinski definition) is 1. The van der Waals surface area contributed by atoms with Crippen LogP contribution in [0, 0.1) is 16.7 Å². The first kappa shape index (κ1) is 60.3. The molecule has 7 rings (SSSR count). The quantitative estimate of drug-likeness (QED) is 0.0596. The third kappa shape index (κ3) is 10.1. The van der Waals surface area contributed by atoms with E-state index in [2.05, 4.69) is 5.32 Å². The van der Waals surface area contributed by atoms with Crippen LogP contribution in [-0.4, -0.2) is 124 Å². The van der Waals surface area contributed by atoms with Gasteiger partial charge < -0.3 is 56.5 Å². The second-order valence-corrected chi connectivity index (χ2v) is 32.9. The average molecular weight is 1120 g/mol. The molecule has 2 aliphatic heterocycles. The second kappa shape index (κ2) is 21.9.